The number of hydrogen-bond acceptors (Lipinski definition) is 4. The zero-order chi connectivity index (χ0) is 21.1. The third-order valence-corrected chi connectivity index (χ3v) is 5.46. The largest absolute Gasteiger partial charge is 0.490 e. The fraction of sp³-hybridized carbons (Fsp3) is 0.346. The Kier molecular flexibility index (Phi) is 5.93. The highest BCUT2D eigenvalue weighted by Crippen LogP contribution is 2.42. The molecule has 0 spiro atoms. The highest BCUT2D eigenvalue weighted by Gasteiger charge is 2.27. The van der Waals surface area contributed by atoms with Crippen LogP contribution in [0.5, 0.6) is 5.75 Å². The molecule has 0 saturated heterocycles. The van der Waals surface area contributed by atoms with E-state index >= 15 is 0 Å². The minimum Gasteiger partial charge on any atom is -0.490 e. The normalized spacial score (nSPS) is 16.2. The van der Waals surface area contributed by atoms with Crippen LogP contribution in [-0.2, 0) is 16.0 Å². The Morgan fingerprint density at radius 1 is 1.17 bits per heavy atom. The van der Waals surface area contributed by atoms with Crippen molar-refractivity contribution in [3.8, 4) is 5.75 Å². The number of carbonyl (C=O) groups is 1. The van der Waals surface area contributed by atoms with E-state index in [2.05, 4.69) is 42.5 Å². The number of benzene rings is 2. The molecule has 1 atom stereocenters. The summed E-state index contributed by atoms with van der Waals surface area (Å²) in [6.45, 7) is 6.26. The van der Waals surface area contributed by atoms with Crippen molar-refractivity contribution < 1.29 is 18.7 Å². The fourth-order valence-corrected chi connectivity index (χ4v) is 4.28. The summed E-state index contributed by atoms with van der Waals surface area (Å²) in [4.78, 5) is 11.6. The lowest BCUT2D eigenvalue weighted by atomic mass is 9.80. The van der Waals surface area contributed by atoms with Gasteiger partial charge >= 0.3 is 5.97 Å². The first kappa shape index (κ1) is 20.3. The van der Waals surface area contributed by atoms with Gasteiger partial charge in [-0.25, -0.2) is 4.79 Å². The Balaban J connectivity index is 1.72. The first-order valence-corrected chi connectivity index (χ1v) is 10.7. The summed E-state index contributed by atoms with van der Waals surface area (Å²) >= 11 is 0. The molecule has 1 aromatic heterocycles. The number of ether oxygens (including phenoxy) is 2. The van der Waals surface area contributed by atoms with Crippen molar-refractivity contribution in [1.29, 1.82) is 0 Å². The molecule has 1 unspecified atom stereocenters. The summed E-state index contributed by atoms with van der Waals surface area (Å²) in [6.07, 6.45) is 6.32. The number of aryl methyl sites for hydroxylation is 1. The molecule has 0 aliphatic heterocycles. The summed E-state index contributed by atoms with van der Waals surface area (Å²) in [6, 6.07) is 14.8. The van der Waals surface area contributed by atoms with Crippen molar-refractivity contribution in [2.45, 2.75) is 52.1 Å². The lowest BCUT2D eigenvalue weighted by molar-refractivity contribution is -0.137. The lowest BCUT2D eigenvalue weighted by Crippen LogP contribution is -2.10. The maximum atomic E-state index is 11.6. The molecule has 0 bridgehead atoms. The maximum Gasteiger partial charge on any atom is 0.330 e. The molecular weight excluding hydrogens is 376 g/mol. The zero-order valence-electron chi connectivity index (χ0n) is 17.8. The van der Waals surface area contributed by atoms with E-state index < -0.39 is 0 Å². The van der Waals surface area contributed by atoms with Crippen LogP contribution in [0.2, 0.25) is 0 Å². The Morgan fingerprint density at radius 3 is 2.73 bits per heavy atom. The molecule has 0 amide bonds. The Morgan fingerprint density at radius 2 is 1.97 bits per heavy atom. The van der Waals surface area contributed by atoms with Gasteiger partial charge in [0, 0.05) is 29.4 Å². The first-order valence-electron chi connectivity index (χ1n) is 10.7. The van der Waals surface area contributed by atoms with E-state index in [0.717, 1.165) is 36.2 Å². The van der Waals surface area contributed by atoms with Gasteiger partial charge in [-0.15, -0.1) is 0 Å². The van der Waals surface area contributed by atoms with E-state index in [0.29, 0.717) is 12.4 Å². The van der Waals surface area contributed by atoms with Gasteiger partial charge in [-0.05, 0) is 62.8 Å². The second-order valence-corrected chi connectivity index (χ2v) is 7.92. The molecule has 0 saturated carbocycles. The van der Waals surface area contributed by atoms with Crippen molar-refractivity contribution in [2.75, 3.05) is 6.61 Å². The van der Waals surface area contributed by atoms with E-state index in [1.54, 1.807) is 13.0 Å². The van der Waals surface area contributed by atoms with Gasteiger partial charge in [-0.1, -0.05) is 30.3 Å². The van der Waals surface area contributed by atoms with Crippen molar-refractivity contribution >= 4 is 22.8 Å². The SMILES string of the molecule is CCOC(=O)C=Cc1cc2c(o1)CCCC2c1ccc(OC(C)C)c2ccccc12. The first-order chi connectivity index (χ1) is 14.6. The molecule has 156 valence electrons. The third-order valence-electron chi connectivity index (χ3n) is 5.46. The average Bonchev–Trinajstić information content (AvgIpc) is 3.16. The van der Waals surface area contributed by atoms with Crippen molar-refractivity contribution in [3.63, 3.8) is 0 Å². The molecule has 1 aliphatic carbocycles. The van der Waals surface area contributed by atoms with Gasteiger partial charge in [-0.2, -0.15) is 0 Å². The number of rotatable bonds is 6. The molecular formula is C26H28O4. The van der Waals surface area contributed by atoms with Gasteiger partial charge in [-0.3, -0.25) is 0 Å². The molecule has 4 heteroatoms. The van der Waals surface area contributed by atoms with Crippen LogP contribution in [0, 0.1) is 0 Å². The molecule has 0 N–H and O–H groups in total. The summed E-state index contributed by atoms with van der Waals surface area (Å²) in [5.74, 6) is 2.55. The van der Waals surface area contributed by atoms with Crippen LogP contribution in [0.3, 0.4) is 0 Å². The number of fused-ring (bicyclic) bond motifs is 2. The van der Waals surface area contributed by atoms with Crippen molar-refractivity contribution in [3.05, 3.63) is 71.2 Å². The molecule has 30 heavy (non-hydrogen) atoms. The molecule has 0 fully saturated rings. The minimum absolute atomic E-state index is 0.128. The van der Waals surface area contributed by atoms with Crippen LogP contribution >= 0.6 is 0 Å². The van der Waals surface area contributed by atoms with Crippen molar-refractivity contribution in [2.24, 2.45) is 0 Å². The number of hydrogen-bond donors (Lipinski definition) is 0. The predicted molar refractivity (Wildman–Crippen MR) is 119 cm³/mol. The number of esters is 1. The highest BCUT2D eigenvalue weighted by atomic mass is 16.5. The van der Waals surface area contributed by atoms with Crippen LogP contribution < -0.4 is 4.74 Å². The molecule has 1 aliphatic rings. The second-order valence-electron chi connectivity index (χ2n) is 7.92. The summed E-state index contributed by atoms with van der Waals surface area (Å²) in [5.41, 5.74) is 2.51. The maximum absolute atomic E-state index is 11.6. The van der Waals surface area contributed by atoms with E-state index in [9.17, 15) is 4.79 Å². The molecule has 2 aromatic carbocycles. The fourth-order valence-electron chi connectivity index (χ4n) is 4.28. The number of furan rings is 1. The molecule has 1 heterocycles. The van der Waals surface area contributed by atoms with Gasteiger partial charge < -0.3 is 13.9 Å². The Bertz CT molecular complexity index is 1070. The van der Waals surface area contributed by atoms with E-state index in [-0.39, 0.29) is 18.0 Å². The van der Waals surface area contributed by atoms with E-state index in [1.807, 2.05) is 13.8 Å². The Hall–Kier alpha value is -3.01. The van der Waals surface area contributed by atoms with Gasteiger partial charge in [0.25, 0.3) is 0 Å². The zero-order valence-corrected chi connectivity index (χ0v) is 17.8. The lowest BCUT2D eigenvalue weighted by Gasteiger charge is -2.24. The van der Waals surface area contributed by atoms with Crippen LogP contribution in [0.25, 0.3) is 16.8 Å². The number of carbonyl (C=O) groups excluding carboxylic acids is 1. The monoisotopic (exact) mass is 404 g/mol. The smallest absolute Gasteiger partial charge is 0.330 e. The molecule has 3 aromatic rings. The predicted octanol–water partition coefficient (Wildman–Crippen LogP) is 6.26. The summed E-state index contributed by atoms with van der Waals surface area (Å²) in [7, 11) is 0. The van der Waals surface area contributed by atoms with Crippen LogP contribution in [0.15, 0.2) is 53.0 Å². The quantitative estimate of drug-likeness (QED) is 0.359. The molecule has 4 nitrogen and oxygen atoms in total. The average molecular weight is 405 g/mol. The van der Waals surface area contributed by atoms with E-state index in [1.165, 1.54) is 22.6 Å². The highest BCUT2D eigenvalue weighted by molar-refractivity contribution is 5.92. The van der Waals surface area contributed by atoms with Crippen LogP contribution in [0.1, 0.15) is 62.2 Å². The Labute approximate surface area is 177 Å². The van der Waals surface area contributed by atoms with Gasteiger partial charge in [0.15, 0.2) is 0 Å². The van der Waals surface area contributed by atoms with E-state index in [4.69, 9.17) is 13.9 Å². The minimum atomic E-state index is -0.352. The third kappa shape index (κ3) is 4.13. The van der Waals surface area contributed by atoms with Crippen molar-refractivity contribution in [1.82, 2.24) is 0 Å². The standard InChI is InChI=1S/C26H28O4/c1-4-28-26(27)15-12-18-16-23-20(10-7-11-24(23)30-18)21-13-14-25(29-17(2)3)22-9-6-5-8-19(21)22/h5-6,8-9,12-17,20H,4,7,10-11H2,1-3H3. The van der Waals surface area contributed by atoms with Crippen LogP contribution in [-0.4, -0.2) is 18.7 Å². The van der Waals surface area contributed by atoms with Gasteiger partial charge in [0.2, 0.25) is 0 Å². The van der Waals surface area contributed by atoms with Gasteiger partial charge in [0.1, 0.15) is 17.3 Å². The molecule has 4 rings (SSSR count). The second kappa shape index (κ2) is 8.78. The summed E-state index contributed by atoms with van der Waals surface area (Å²) in [5, 5.41) is 2.36. The topological polar surface area (TPSA) is 48.7 Å². The van der Waals surface area contributed by atoms with Crippen LogP contribution in [0.4, 0.5) is 0 Å². The van der Waals surface area contributed by atoms with Gasteiger partial charge in [0.05, 0.1) is 12.7 Å². The summed E-state index contributed by atoms with van der Waals surface area (Å²) < 4.78 is 17.1. The molecule has 0 radical (unpaired) electrons.